The SMILES string of the molecule is COc1ccc(CN(C)CCS(C)(=O)=O)cc1C(=O)O. The van der Waals surface area contributed by atoms with Crippen molar-refractivity contribution in [2.24, 2.45) is 0 Å². The van der Waals surface area contributed by atoms with E-state index in [1.807, 2.05) is 4.90 Å². The number of methoxy groups -OCH3 is 1. The maximum Gasteiger partial charge on any atom is 0.339 e. The summed E-state index contributed by atoms with van der Waals surface area (Å²) >= 11 is 0. The van der Waals surface area contributed by atoms with Crippen LogP contribution in [0.25, 0.3) is 0 Å². The lowest BCUT2D eigenvalue weighted by Gasteiger charge is -2.17. The van der Waals surface area contributed by atoms with Crippen LogP contribution in [0, 0.1) is 0 Å². The Morgan fingerprint density at radius 3 is 2.55 bits per heavy atom. The summed E-state index contributed by atoms with van der Waals surface area (Å²) in [6, 6.07) is 4.91. The van der Waals surface area contributed by atoms with Crippen LogP contribution in [-0.2, 0) is 16.4 Å². The fraction of sp³-hybridized carbons (Fsp3) is 0.462. The van der Waals surface area contributed by atoms with Crippen molar-refractivity contribution in [1.82, 2.24) is 4.90 Å². The third kappa shape index (κ3) is 5.18. The van der Waals surface area contributed by atoms with Gasteiger partial charge in [-0.15, -0.1) is 0 Å². The molecule has 0 bridgehead atoms. The lowest BCUT2D eigenvalue weighted by atomic mass is 10.1. The molecular formula is C13H19NO5S. The molecule has 0 radical (unpaired) electrons. The fourth-order valence-electron chi connectivity index (χ4n) is 1.73. The summed E-state index contributed by atoms with van der Waals surface area (Å²) in [6.07, 6.45) is 1.19. The lowest BCUT2D eigenvalue weighted by Crippen LogP contribution is -2.25. The second-order valence-corrected chi connectivity index (χ2v) is 6.97. The van der Waals surface area contributed by atoms with Gasteiger partial charge in [0.05, 0.1) is 12.9 Å². The number of aromatic carboxylic acids is 1. The van der Waals surface area contributed by atoms with Crippen molar-refractivity contribution < 1.29 is 23.1 Å². The first-order valence-electron chi connectivity index (χ1n) is 5.99. The minimum atomic E-state index is -3.00. The molecular weight excluding hydrogens is 282 g/mol. The van der Waals surface area contributed by atoms with E-state index in [9.17, 15) is 13.2 Å². The molecule has 0 aliphatic carbocycles. The molecule has 1 aromatic rings. The Hall–Kier alpha value is -1.60. The van der Waals surface area contributed by atoms with Gasteiger partial charge in [0.25, 0.3) is 0 Å². The van der Waals surface area contributed by atoms with E-state index in [2.05, 4.69) is 0 Å². The molecule has 7 heteroatoms. The van der Waals surface area contributed by atoms with Crippen LogP contribution >= 0.6 is 0 Å². The lowest BCUT2D eigenvalue weighted by molar-refractivity contribution is 0.0693. The third-order valence-corrected chi connectivity index (χ3v) is 3.71. The van der Waals surface area contributed by atoms with Gasteiger partial charge in [0.1, 0.15) is 21.2 Å². The Morgan fingerprint density at radius 1 is 1.40 bits per heavy atom. The van der Waals surface area contributed by atoms with Gasteiger partial charge < -0.3 is 14.7 Å². The zero-order valence-corrected chi connectivity index (χ0v) is 12.6. The molecule has 1 aromatic carbocycles. The largest absolute Gasteiger partial charge is 0.496 e. The predicted octanol–water partition coefficient (Wildman–Crippen LogP) is 0.870. The first kappa shape index (κ1) is 16.5. The molecule has 20 heavy (non-hydrogen) atoms. The van der Waals surface area contributed by atoms with Gasteiger partial charge in [0, 0.05) is 19.3 Å². The summed E-state index contributed by atoms with van der Waals surface area (Å²) in [5.41, 5.74) is 0.890. The third-order valence-electron chi connectivity index (χ3n) is 2.79. The average molecular weight is 301 g/mol. The van der Waals surface area contributed by atoms with Gasteiger partial charge in [0.2, 0.25) is 0 Å². The average Bonchev–Trinajstić information content (AvgIpc) is 2.35. The van der Waals surface area contributed by atoms with Crippen LogP contribution in [0.4, 0.5) is 0 Å². The Bertz CT molecular complexity index is 582. The summed E-state index contributed by atoms with van der Waals surface area (Å²) in [5.74, 6) is -0.673. The molecule has 0 saturated heterocycles. The highest BCUT2D eigenvalue weighted by Crippen LogP contribution is 2.20. The second kappa shape index (κ2) is 6.71. The van der Waals surface area contributed by atoms with E-state index >= 15 is 0 Å². The number of hydrogen-bond acceptors (Lipinski definition) is 5. The van der Waals surface area contributed by atoms with Crippen LogP contribution in [0.3, 0.4) is 0 Å². The molecule has 0 spiro atoms. The first-order chi connectivity index (χ1) is 9.23. The van der Waals surface area contributed by atoms with Crippen molar-refractivity contribution in [1.29, 1.82) is 0 Å². The molecule has 0 amide bonds. The monoisotopic (exact) mass is 301 g/mol. The summed E-state index contributed by atoms with van der Waals surface area (Å²) in [6.45, 7) is 0.868. The van der Waals surface area contributed by atoms with E-state index in [1.54, 1.807) is 19.2 Å². The number of hydrogen-bond donors (Lipinski definition) is 1. The van der Waals surface area contributed by atoms with Crippen molar-refractivity contribution in [2.75, 3.05) is 32.7 Å². The Morgan fingerprint density at radius 2 is 2.05 bits per heavy atom. The number of sulfone groups is 1. The quantitative estimate of drug-likeness (QED) is 0.804. The minimum absolute atomic E-state index is 0.0748. The smallest absolute Gasteiger partial charge is 0.339 e. The molecule has 0 atom stereocenters. The molecule has 6 nitrogen and oxygen atoms in total. The van der Waals surface area contributed by atoms with Gasteiger partial charge in [-0.05, 0) is 24.7 Å². The number of benzene rings is 1. The van der Waals surface area contributed by atoms with Gasteiger partial charge >= 0.3 is 5.97 Å². The number of rotatable bonds is 7. The van der Waals surface area contributed by atoms with Crippen LogP contribution in [-0.4, -0.2) is 57.1 Å². The number of carboxylic acids is 1. The zero-order valence-electron chi connectivity index (χ0n) is 11.8. The molecule has 0 saturated carbocycles. The van der Waals surface area contributed by atoms with E-state index < -0.39 is 15.8 Å². The Labute approximate surface area is 118 Å². The number of nitrogens with zero attached hydrogens (tertiary/aromatic N) is 1. The van der Waals surface area contributed by atoms with Gasteiger partial charge in [-0.3, -0.25) is 0 Å². The normalized spacial score (nSPS) is 11.6. The van der Waals surface area contributed by atoms with Crippen LogP contribution in [0.2, 0.25) is 0 Å². The highest BCUT2D eigenvalue weighted by molar-refractivity contribution is 7.90. The molecule has 1 N–H and O–H groups in total. The van der Waals surface area contributed by atoms with E-state index in [4.69, 9.17) is 9.84 Å². The molecule has 112 valence electrons. The molecule has 0 aliphatic heterocycles. The number of carbonyl (C=O) groups is 1. The molecule has 1 rings (SSSR count). The first-order valence-corrected chi connectivity index (χ1v) is 8.05. The van der Waals surface area contributed by atoms with Gasteiger partial charge in [-0.2, -0.15) is 0 Å². The van der Waals surface area contributed by atoms with Gasteiger partial charge in [-0.1, -0.05) is 6.07 Å². The summed E-state index contributed by atoms with van der Waals surface area (Å²) in [5, 5.41) is 9.09. The zero-order chi connectivity index (χ0) is 15.3. The standard InChI is InChI=1S/C13H19NO5S/c1-14(6-7-20(3,17)18)9-10-4-5-12(19-2)11(8-10)13(15)16/h4-5,8H,6-7,9H2,1-3H3,(H,15,16). The maximum atomic E-state index is 11.1. The fourth-order valence-corrected chi connectivity index (χ4v) is 2.38. The Balaban J connectivity index is 2.78. The Kier molecular flexibility index (Phi) is 5.52. The highest BCUT2D eigenvalue weighted by atomic mass is 32.2. The minimum Gasteiger partial charge on any atom is -0.496 e. The van der Waals surface area contributed by atoms with E-state index in [1.165, 1.54) is 19.4 Å². The van der Waals surface area contributed by atoms with Crippen molar-refractivity contribution in [3.8, 4) is 5.75 Å². The number of carboxylic acid groups (broad SMARTS) is 1. The van der Waals surface area contributed by atoms with Crippen LogP contribution < -0.4 is 4.74 Å². The van der Waals surface area contributed by atoms with Gasteiger partial charge in [-0.25, -0.2) is 13.2 Å². The van der Waals surface area contributed by atoms with E-state index in [0.29, 0.717) is 18.8 Å². The molecule has 0 aliphatic rings. The van der Waals surface area contributed by atoms with Crippen LogP contribution in [0.1, 0.15) is 15.9 Å². The molecule has 0 heterocycles. The summed E-state index contributed by atoms with van der Waals surface area (Å²) in [7, 11) is 0.204. The molecule has 0 unspecified atom stereocenters. The van der Waals surface area contributed by atoms with Crippen molar-refractivity contribution in [3.63, 3.8) is 0 Å². The van der Waals surface area contributed by atoms with Crippen molar-refractivity contribution in [3.05, 3.63) is 29.3 Å². The van der Waals surface area contributed by atoms with E-state index in [-0.39, 0.29) is 11.3 Å². The van der Waals surface area contributed by atoms with Gasteiger partial charge in [0.15, 0.2) is 0 Å². The number of ether oxygens (including phenoxy) is 1. The van der Waals surface area contributed by atoms with Crippen LogP contribution in [0.15, 0.2) is 18.2 Å². The maximum absolute atomic E-state index is 11.1. The molecule has 0 aromatic heterocycles. The predicted molar refractivity (Wildman–Crippen MR) is 76.0 cm³/mol. The topological polar surface area (TPSA) is 83.9 Å². The highest BCUT2D eigenvalue weighted by Gasteiger charge is 2.13. The van der Waals surface area contributed by atoms with E-state index in [0.717, 1.165) is 5.56 Å². The van der Waals surface area contributed by atoms with Crippen LogP contribution in [0.5, 0.6) is 5.75 Å². The summed E-state index contributed by atoms with van der Waals surface area (Å²) in [4.78, 5) is 12.9. The van der Waals surface area contributed by atoms with Crippen molar-refractivity contribution >= 4 is 15.8 Å². The molecule has 0 fully saturated rings. The second-order valence-electron chi connectivity index (χ2n) is 4.71. The van der Waals surface area contributed by atoms with Crippen molar-refractivity contribution in [2.45, 2.75) is 6.54 Å². The summed E-state index contributed by atoms with van der Waals surface area (Å²) < 4.78 is 27.2.